The lowest BCUT2D eigenvalue weighted by atomic mass is 10.3. The van der Waals surface area contributed by atoms with Crippen LogP contribution < -0.4 is 11.3 Å². The number of alkyl halides is 3. The number of hydrogen-bond acceptors (Lipinski definition) is 3. The molecule has 1 heterocycles. The summed E-state index contributed by atoms with van der Waals surface area (Å²) in [6, 6.07) is -0.0913. The molecule has 3 N–H and O–H groups in total. The van der Waals surface area contributed by atoms with Crippen molar-refractivity contribution in [1.82, 2.24) is 15.2 Å². The van der Waals surface area contributed by atoms with Gasteiger partial charge in [-0.2, -0.15) is 18.3 Å². The zero-order valence-corrected chi connectivity index (χ0v) is 7.75. The normalized spacial score (nSPS) is 13.7. The lowest BCUT2D eigenvalue weighted by molar-refractivity contribution is -0.142. The number of amides is 1. The van der Waals surface area contributed by atoms with Crippen LogP contribution in [-0.4, -0.2) is 15.7 Å². The summed E-state index contributed by atoms with van der Waals surface area (Å²) in [7, 11) is 0. The average Bonchev–Trinajstić information content (AvgIpc) is 2.63. The van der Waals surface area contributed by atoms with Gasteiger partial charge in [0.1, 0.15) is 6.04 Å². The second-order valence-electron chi connectivity index (χ2n) is 2.86. The number of rotatable bonds is 2. The van der Waals surface area contributed by atoms with Crippen molar-refractivity contribution in [3.63, 3.8) is 0 Å². The highest BCUT2D eigenvalue weighted by Crippen LogP contribution is 2.27. The molecule has 0 spiro atoms. The summed E-state index contributed by atoms with van der Waals surface area (Å²) in [6.07, 6.45) is -3.44. The van der Waals surface area contributed by atoms with Crippen molar-refractivity contribution < 1.29 is 18.0 Å². The van der Waals surface area contributed by atoms with Gasteiger partial charge in [0.15, 0.2) is 5.69 Å². The molecule has 1 atom stereocenters. The van der Waals surface area contributed by atoms with Crippen molar-refractivity contribution in [2.75, 3.05) is 0 Å². The van der Waals surface area contributed by atoms with E-state index >= 15 is 0 Å². The van der Waals surface area contributed by atoms with E-state index in [-0.39, 0.29) is 0 Å². The number of carbonyl (C=O) groups excluding carboxylic acids is 1. The number of hydrazine groups is 1. The average molecular weight is 222 g/mol. The van der Waals surface area contributed by atoms with Crippen LogP contribution in [-0.2, 0) is 11.0 Å². The molecule has 0 saturated carbocycles. The maximum absolute atomic E-state index is 12.1. The summed E-state index contributed by atoms with van der Waals surface area (Å²) in [6.45, 7) is 1.38. The molecule has 0 aromatic carbocycles. The molecular formula is C7H9F3N4O. The number of nitrogens with one attached hydrogen (secondary N) is 1. The Labute approximate surface area is 83.0 Å². The molecule has 0 fully saturated rings. The fourth-order valence-electron chi connectivity index (χ4n) is 0.946. The summed E-state index contributed by atoms with van der Waals surface area (Å²) < 4.78 is 37.3. The highest BCUT2D eigenvalue weighted by Gasteiger charge is 2.34. The molecule has 0 saturated heterocycles. The number of aromatic nitrogens is 2. The van der Waals surface area contributed by atoms with Crippen LogP contribution in [0.2, 0.25) is 0 Å². The van der Waals surface area contributed by atoms with Crippen molar-refractivity contribution >= 4 is 5.91 Å². The Morgan fingerprint density at radius 1 is 1.67 bits per heavy atom. The molecule has 0 bridgehead atoms. The van der Waals surface area contributed by atoms with Gasteiger partial charge < -0.3 is 0 Å². The van der Waals surface area contributed by atoms with Gasteiger partial charge in [-0.3, -0.25) is 14.9 Å². The lowest BCUT2D eigenvalue weighted by Gasteiger charge is -2.09. The van der Waals surface area contributed by atoms with Gasteiger partial charge in [0, 0.05) is 6.20 Å². The van der Waals surface area contributed by atoms with Crippen LogP contribution in [0.15, 0.2) is 12.3 Å². The standard InChI is InChI=1S/C7H9F3N4O/c1-4(6(15)12-11)14-3-2-5(13-14)7(8,9)10/h2-4H,11H2,1H3,(H,12,15). The van der Waals surface area contributed by atoms with Gasteiger partial charge in [0.05, 0.1) is 0 Å². The van der Waals surface area contributed by atoms with Crippen molar-refractivity contribution in [1.29, 1.82) is 0 Å². The van der Waals surface area contributed by atoms with E-state index in [4.69, 9.17) is 5.84 Å². The van der Waals surface area contributed by atoms with Crippen molar-refractivity contribution in [3.05, 3.63) is 18.0 Å². The summed E-state index contributed by atoms with van der Waals surface area (Å²) >= 11 is 0. The second kappa shape index (κ2) is 3.89. The molecule has 5 nitrogen and oxygen atoms in total. The fourth-order valence-corrected chi connectivity index (χ4v) is 0.946. The Morgan fingerprint density at radius 3 is 2.67 bits per heavy atom. The van der Waals surface area contributed by atoms with Crippen LogP contribution in [0.25, 0.3) is 0 Å². The number of hydrogen-bond donors (Lipinski definition) is 2. The third-order valence-electron chi connectivity index (χ3n) is 1.82. The topological polar surface area (TPSA) is 72.9 Å². The molecule has 0 aliphatic heterocycles. The van der Waals surface area contributed by atoms with Crippen molar-refractivity contribution in [3.8, 4) is 0 Å². The van der Waals surface area contributed by atoms with Crippen LogP contribution in [0.1, 0.15) is 18.7 Å². The number of halogens is 3. The second-order valence-corrected chi connectivity index (χ2v) is 2.86. The van der Waals surface area contributed by atoms with Crippen LogP contribution in [0.4, 0.5) is 13.2 Å². The molecule has 1 aromatic heterocycles. The molecule has 84 valence electrons. The minimum absolute atomic E-state index is 0.619. The molecular weight excluding hydrogens is 213 g/mol. The van der Waals surface area contributed by atoms with Crippen LogP contribution >= 0.6 is 0 Å². The quantitative estimate of drug-likeness (QED) is 0.433. The predicted octanol–water partition coefficient (Wildman–Crippen LogP) is 0.453. The number of nitrogens with zero attached hydrogens (tertiary/aromatic N) is 2. The van der Waals surface area contributed by atoms with E-state index in [2.05, 4.69) is 5.10 Å². The van der Waals surface area contributed by atoms with Gasteiger partial charge >= 0.3 is 6.18 Å². The third kappa shape index (κ3) is 2.46. The Morgan fingerprint density at radius 2 is 2.27 bits per heavy atom. The molecule has 0 radical (unpaired) electrons. The first-order chi connectivity index (χ1) is 6.86. The zero-order chi connectivity index (χ0) is 11.6. The van der Waals surface area contributed by atoms with Crippen molar-refractivity contribution in [2.24, 2.45) is 5.84 Å². The first-order valence-electron chi connectivity index (χ1n) is 3.99. The molecule has 8 heteroatoms. The lowest BCUT2D eigenvalue weighted by Crippen LogP contribution is -2.36. The molecule has 1 aromatic rings. The van der Waals surface area contributed by atoms with E-state index in [9.17, 15) is 18.0 Å². The minimum atomic E-state index is -4.51. The van der Waals surface area contributed by atoms with Gasteiger partial charge in [-0.15, -0.1) is 0 Å². The Balaban J connectivity index is 2.89. The first-order valence-corrected chi connectivity index (χ1v) is 3.99. The largest absolute Gasteiger partial charge is 0.435 e. The summed E-state index contributed by atoms with van der Waals surface area (Å²) in [4.78, 5) is 11.0. The highest BCUT2D eigenvalue weighted by atomic mass is 19.4. The van der Waals surface area contributed by atoms with Gasteiger partial charge in [-0.1, -0.05) is 0 Å². The van der Waals surface area contributed by atoms with Gasteiger partial charge in [0.2, 0.25) is 0 Å². The van der Waals surface area contributed by atoms with E-state index in [1.165, 1.54) is 6.92 Å². The van der Waals surface area contributed by atoms with E-state index in [1.54, 1.807) is 0 Å². The Hall–Kier alpha value is -1.57. The van der Waals surface area contributed by atoms with E-state index in [0.29, 0.717) is 0 Å². The maximum Gasteiger partial charge on any atom is 0.435 e. The van der Waals surface area contributed by atoms with E-state index in [0.717, 1.165) is 16.9 Å². The van der Waals surface area contributed by atoms with Gasteiger partial charge in [-0.05, 0) is 13.0 Å². The Bertz CT molecular complexity index is 359. The SMILES string of the molecule is CC(C(=O)NN)n1ccc(C(F)(F)F)n1. The highest BCUT2D eigenvalue weighted by molar-refractivity contribution is 5.79. The van der Waals surface area contributed by atoms with Crippen LogP contribution in [0.3, 0.4) is 0 Å². The molecule has 15 heavy (non-hydrogen) atoms. The van der Waals surface area contributed by atoms with E-state index in [1.807, 2.05) is 5.43 Å². The monoisotopic (exact) mass is 222 g/mol. The third-order valence-corrected chi connectivity index (χ3v) is 1.82. The fraction of sp³-hybridized carbons (Fsp3) is 0.429. The van der Waals surface area contributed by atoms with Gasteiger partial charge in [0.25, 0.3) is 5.91 Å². The maximum atomic E-state index is 12.1. The number of carbonyl (C=O) groups is 1. The molecule has 1 unspecified atom stereocenters. The molecule has 0 aliphatic carbocycles. The van der Waals surface area contributed by atoms with E-state index < -0.39 is 23.8 Å². The first kappa shape index (κ1) is 11.5. The summed E-state index contributed by atoms with van der Waals surface area (Å²) in [5, 5.41) is 3.23. The number of nitrogens with two attached hydrogens (primary N) is 1. The predicted molar refractivity (Wildman–Crippen MR) is 44.3 cm³/mol. The van der Waals surface area contributed by atoms with Crippen LogP contribution in [0, 0.1) is 0 Å². The summed E-state index contributed by atoms with van der Waals surface area (Å²) in [5.74, 6) is 4.22. The van der Waals surface area contributed by atoms with Gasteiger partial charge in [-0.25, -0.2) is 5.84 Å². The summed E-state index contributed by atoms with van der Waals surface area (Å²) in [5.41, 5.74) is 0.788. The Kier molecular flexibility index (Phi) is 2.98. The van der Waals surface area contributed by atoms with Crippen molar-refractivity contribution in [2.45, 2.75) is 19.1 Å². The van der Waals surface area contributed by atoms with Crippen LogP contribution in [0.5, 0.6) is 0 Å². The zero-order valence-electron chi connectivity index (χ0n) is 7.75. The smallest absolute Gasteiger partial charge is 0.292 e. The molecule has 1 rings (SSSR count). The molecule has 1 amide bonds. The molecule has 0 aliphatic rings. The minimum Gasteiger partial charge on any atom is -0.292 e.